The highest BCUT2D eigenvalue weighted by Crippen LogP contribution is 2.24. The Morgan fingerprint density at radius 2 is 2.15 bits per heavy atom. The van der Waals surface area contributed by atoms with Crippen LogP contribution in [0.1, 0.15) is 43.0 Å². The van der Waals surface area contributed by atoms with Crippen LogP contribution in [0, 0.1) is 5.92 Å². The summed E-state index contributed by atoms with van der Waals surface area (Å²) in [6, 6.07) is 2.85. The Hall–Kier alpha value is -1.56. The zero-order valence-corrected chi connectivity index (χ0v) is 12.2. The Kier molecular flexibility index (Phi) is 5.40. The molecule has 20 heavy (non-hydrogen) atoms. The van der Waals surface area contributed by atoms with Crippen molar-refractivity contribution in [2.45, 2.75) is 38.1 Å². The first-order valence-electron chi connectivity index (χ1n) is 7.01. The van der Waals surface area contributed by atoms with Gasteiger partial charge >= 0.3 is 6.03 Å². The number of nitrogens with two attached hydrogens (primary N) is 1. The standard InChI is InChI=1S/C14H21N3O2S/c15-14(19)17-11(12-6-3-7-20-12)8-13(18)16-9-10-4-1-2-5-10/h3,6-7,10-11H,1-2,4-5,8-9H2,(H,16,18)(H3,15,17,19)/t11-/m1/s1. The van der Waals surface area contributed by atoms with Gasteiger partial charge in [-0.05, 0) is 30.2 Å². The van der Waals surface area contributed by atoms with Gasteiger partial charge in [0.05, 0.1) is 12.5 Å². The molecule has 1 aliphatic rings. The highest BCUT2D eigenvalue weighted by Gasteiger charge is 2.20. The largest absolute Gasteiger partial charge is 0.356 e. The van der Waals surface area contributed by atoms with Crippen LogP contribution in [0.5, 0.6) is 0 Å². The first kappa shape index (κ1) is 14.8. The van der Waals surface area contributed by atoms with E-state index in [0.717, 1.165) is 11.4 Å². The van der Waals surface area contributed by atoms with Crippen LogP contribution < -0.4 is 16.4 Å². The molecule has 1 aromatic heterocycles. The van der Waals surface area contributed by atoms with Crippen LogP contribution in [0.4, 0.5) is 4.79 Å². The molecule has 0 radical (unpaired) electrons. The fourth-order valence-corrected chi connectivity index (χ4v) is 3.39. The third-order valence-electron chi connectivity index (χ3n) is 3.66. The molecule has 0 bridgehead atoms. The molecule has 1 aromatic rings. The van der Waals surface area contributed by atoms with Crippen molar-refractivity contribution in [3.63, 3.8) is 0 Å². The molecule has 1 saturated carbocycles. The maximum Gasteiger partial charge on any atom is 0.312 e. The SMILES string of the molecule is NC(=O)N[C@H](CC(=O)NCC1CCCC1)c1cccs1. The summed E-state index contributed by atoms with van der Waals surface area (Å²) >= 11 is 1.51. The quantitative estimate of drug-likeness (QED) is 0.751. The number of primary amides is 1. The Bertz CT molecular complexity index is 441. The number of urea groups is 1. The molecule has 1 fully saturated rings. The van der Waals surface area contributed by atoms with Crippen molar-refractivity contribution in [2.75, 3.05) is 6.54 Å². The van der Waals surface area contributed by atoms with Crippen LogP contribution in [0.3, 0.4) is 0 Å². The summed E-state index contributed by atoms with van der Waals surface area (Å²) in [4.78, 5) is 24.0. The molecule has 6 heteroatoms. The van der Waals surface area contributed by atoms with Crippen LogP contribution in [-0.2, 0) is 4.79 Å². The minimum atomic E-state index is -0.605. The first-order chi connectivity index (χ1) is 9.65. The molecule has 0 spiro atoms. The average Bonchev–Trinajstić information content (AvgIpc) is 3.08. The number of amides is 3. The normalized spacial score (nSPS) is 16.8. The van der Waals surface area contributed by atoms with Crippen molar-refractivity contribution >= 4 is 23.3 Å². The molecule has 0 unspecified atom stereocenters. The van der Waals surface area contributed by atoms with Gasteiger partial charge in [0.25, 0.3) is 0 Å². The number of thiophene rings is 1. The summed E-state index contributed by atoms with van der Waals surface area (Å²) in [5, 5.41) is 7.51. The predicted molar refractivity (Wildman–Crippen MR) is 79.4 cm³/mol. The molecular weight excluding hydrogens is 274 g/mol. The molecule has 1 heterocycles. The number of rotatable bonds is 6. The van der Waals surface area contributed by atoms with E-state index in [4.69, 9.17) is 5.73 Å². The summed E-state index contributed by atoms with van der Waals surface area (Å²) < 4.78 is 0. The van der Waals surface area contributed by atoms with Gasteiger partial charge in [0, 0.05) is 11.4 Å². The minimum Gasteiger partial charge on any atom is -0.356 e. The fourth-order valence-electron chi connectivity index (χ4n) is 2.61. The second kappa shape index (κ2) is 7.28. The van der Waals surface area contributed by atoms with Gasteiger partial charge < -0.3 is 16.4 Å². The second-order valence-electron chi connectivity index (χ2n) is 5.24. The van der Waals surface area contributed by atoms with Crippen molar-refractivity contribution in [1.82, 2.24) is 10.6 Å². The smallest absolute Gasteiger partial charge is 0.312 e. The zero-order valence-electron chi connectivity index (χ0n) is 11.4. The van der Waals surface area contributed by atoms with E-state index in [2.05, 4.69) is 10.6 Å². The lowest BCUT2D eigenvalue weighted by Crippen LogP contribution is -2.37. The molecule has 5 nitrogen and oxygen atoms in total. The molecule has 3 amide bonds. The highest BCUT2D eigenvalue weighted by molar-refractivity contribution is 7.10. The number of nitrogens with one attached hydrogen (secondary N) is 2. The molecule has 4 N–H and O–H groups in total. The molecule has 0 saturated heterocycles. The second-order valence-corrected chi connectivity index (χ2v) is 6.21. The van der Waals surface area contributed by atoms with Crippen LogP contribution in [0.2, 0.25) is 0 Å². The number of hydrogen-bond acceptors (Lipinski definition) is 3. The van der Waals surface area contributed by atoms with Crippen molar-refractivity contribution < 1.29 is 9.59 Å². The topological polar surface area (TPSA) is 84.2 Å². The molecule has 1 atom stereocenters. The van der Waals surface area contributed by atoms with E-state index in [1.165, 1.54) is 37.0 Å². The Morgan fingerprint density at radius 1 is 1.40 bits per heavy atom. The van der Waals surface area contributed by atoms with E-state index in [1.807, 2.05) is 17.5 Å². The maximum absolute atomic E-state index is 12.0. The van der Waals surface area contributed by atoms with Gasteiger partial charge in [0.15, 0.2) is 0 Å². The van der Waals surface area contributed by atoms with Crippen LogP contribution in [0.15, 0.2) is 17.5 Å². The zero-order chi connectivity index (χ0) is 14.4. The van der Waals surface area contributed by atoms with Crippen molar-refractivity contribution in [2.24, 2.45) is 11.7 Å². The van der Waals surface area contributed by atoms with Gasteiger partial charge in [-0.25, -0.2) is 4.79 Å². The van der Waals surface area contributed by atoms with E-state index in [0.29, 0.717) is 5.92 Å². The lowest BCUT2D eigenvalue weighted by molar-refractivity contribution is -0.121. The summed E-state index contributed by atoms with van der Waals surface area (Å²) in [6.45, 7) is 0.743. The number of carbonyl (C=O) groups excluding carboxylic acids is 2. The molecule has 1 aliphatic carbocycles. The molecular formula is C14H21N3O2S. The average molecular weight is 295 g/mol. The fraction of sp³-hybridized carbons (Fsp3) is 0.571. The van der Waals surface area contributed by atoms with Crippen molar-refractivity contribution in [3.05, 3.63) is 22.4 Å². The first-order valence-corrected chi connectivity index (χ1v) is 7.89. The lowest BCUT2D eigenvalue weighted by atomic mass is 10.1. The van der Waals surface area contributed by atoms with Crippen LogP contribution in [-0.4, -0.2) is 18.5 Å². The number of hydrogen-bond donors (Lipinski definition) is 3. The Labute approximate surface area is 122 Å². The van der Waals surface area contributed by atoms with Gasteiger partial charge in [0.1, 0.15) is 0 Å². The number of carbonyl (C=O) groups is 2. The van der Waals surface area contributed by atoms with Crippen LogP contribution in [0.25, 0.3) is 0 Å². The summed E-state index contributed by atoms with van der Waals surface area (Å²) in [5.41, 5.74) is 5.17. The van der Waals surface area contributed by atoms with E-state index in [-0.39, 0.29) is 18.4 Å². The van der Waals surface area contributed by atoms with Gasteiger partial charge in [-0.2, -0.15) is 0 Å². The third kappa shape index (κ3) is 4.52. The maximum atomic E-state index is 12.0. The Balaban J connectivity index is 1.83. The summed E-state index contributed by atoms with van der Waals surface area (Å²) in [6.07, 6.45) is 5.17. The predicted octanol–water partition coefficient (Wildman–Crippen LogP) is 2.15. The molecule has 2 rings (SSSR count). The van der Waals surface area contributed by atoms with Crippen molar-refractivity contribution in [3.8, 4) is 0 Å². The van der Waals surface area contributed by atoms with E-state index in [1.54, 1.807) is 0 Å². The molecule has 0 aromatic carbocycles. The Morgan fingerprint density at radius 3 is 2.75 bits per heavy atom. The van der Waals surface area contributed by atoms with E-state index >= 15 is 0 Å². The van der Waals surface area contributed by atoms with Gasteiger partial charge in [0.2, 0.25) is 5.91 Å². The van der Waals surface area contributed by atoms with E-state index in [9.17, 15) is 9.59 Å². The van der Waals surface area contributed by atoms with Gasteiger partial charge in [-0.3, -0.25) is 4.79 Å². The molecule has 0 aliphatic heterocycles. The van der Waals surface area contributed by atoms with Crippen LogP contribution >= 0.6 is 11.3 Å². The van der Waals surface area contributed by atoms with E-state index < -0.39 is 6.03 Å². The van der Waals surface area contributed by atoms with Crippen molar-refractivity contribution in [1.29, 1.82) is 0 Å². The van der Waals surface area contributed by atoms with Gasteiger partial charge in [-0.15, -0.1) is 11.3 Å². The monoisotopic (exact) mass is 295 g/mol. The lowest BCUT2D eigenvalue weighted by Gasteiger charge is -2.17. The van der Waals surface area contributed by atoms with Gasteiger partial charge in [-0.1, -0.05) is 18.9 Å². The summed E-state index contributed by atoms with van der Waals surface area (Å²) in [5.74, 6) is 0.576. The third-order valence-corrected chi connectivity index (χ3v) is 4.64. The minimum absolute atomic E-state index is 0.0379. The molecule has 110 valence electrons. The summed E-state index contributed by atoms with van der Waals surface area (Å²) in [7, 11) is 0. The highest BCUT2D eigenvalue weighted by atomic mass is 32.1.